The first-order valence-electron chi connectivity index (χ1n) is 13.1. The van der Waals surface area contributed by atoms with Crippen LogP contribution in [0.1, 0.15) is 47.3 Å². The van der Waals surface area contributed by atoms with Crippen LogP contribution >= 0.6 is 0 Å². The van der Waals surface area contributed by atoms with E-state index in [1.165, 1.54) is 5.56 Å². The van der Waals surface area contributed by atoms with Crippen molar-refractivity contribution in [1.29, 1.82) is 0 Å². The highest BCUT2D eigenvalue weighted by Gasteiger charge is 2.35. The van der Waals surface area contributed by atoms with Gasteiger partial charge in [0.1, 0.15) is 0 Å². The molecule has 2 saturated heterocycles. The van der Waals surface area contributed by atoms with Crippen LogP contribution in [0.15, 0.2) is 64.2 Å². The quantitative estimate of drug-likeness (QED) is 0.601. The zero-order valence-electron chi connectivity index (χ0n) is 20.8. The maximum atomic E-state index is 12.8. The monoisotopic (exact) mass is 486 g/mol. The lowest BCUT2D eigenvalue weighted by Gasteiger charge is -2.43. The summed E-state index contributed by atoms with van der Waals surface area (Å²) < 4.78 is 3.97. The fraction of sp³-hybridized carbons (Fsp3) is 0.448. The van der Waals surface area contributed by atoms with Crippen molar-refractivity contribution in [3.63, 3.8) is 0 Å². The largest absolute Gasteiger partial charge is 0.503 e. The number of nitrogens with zero attached hydrogens (tertiary/aromatic N) is 4. The number of hydrogen-bond acceptors (Lipinski definition) is 5. The molecule has 36 heavy (non-hydrogen) atoms. The van der Waals surface area contributed by atoms with Crippen molar-refractivity contribution in [2.75, 3.05) is 26.2 Å². The molecule has 0 radical (unpaired) electrons. The maximum Gasteiger partial charge on any atom is 0.250 e. The molecule has 0 saturated carbocycles. The molecule has 2 aromatic heterocycles. The smallest absolute Gasteiger partial charge is 0.250 e. The zero-order chi connectivity index (χ0) is 24.8. The first-order chi connectivity index (χ1) is 17.5. The molecular weight excluding hydrogens is 452 g/mol. The number of aromatic nitrogens is 2. The molecule has 7 nitrogen and oxygen atoms in total. The Morgan fingerprint density at radius 2 is 1.69 bits per heavy atom. The van der Waals surface area contributed by atoms with Crippen LogP contribution in [0.5, 0.6) is 5.75 Å². The molecule has 0 unspecified atom stereocenters. The van der Waals surface area contributed by atoms with E-state index in [0.29, 0.717) is 36.5 Å². The minimum atomic E-state index is -0.300. The lowest BCUT2D eigenvalue weighted by molar-refractivity contribution is 0.112. The second-order valence-electron chi connectivity index (χ2n) is 10.9. The second-order valence-corrected chi connectivity index (χ2v) is 10.9. The van der Waals surface area contributed by atoms with Gasteiger partial charge in [0, 0.05) is 75.8 Å². The number of rotatable bonds is 5. The first kappa shape index (κ1) is 23.3. The van der Waals surface area contributed by atoms with E-state index in [1.807, 2.05) is 28.3 Å². The number of piperidine rings is 1. The van der Waals surface area contributed by atoms with E-state index in [4.69, 9.17) is 0 Å². The summed E-state index contributed by atoms with van der Waals surface area (Å²) in [5, 5.41) is 10.7. The van der Waals surface area contributed by atoms with Gasteiger partial charge in [0.15, 0.2) is 5.75 Å². The average molecular weight is 487 g/mol. The van der Waals surface area contributed by atoms with Gasteiger partial charge in [-0.25, -0.2) is 0 Å². The minimum Gasteiger partial charge on any atom is -0.503 e. The number of aromatic hydroxyl groups is 1. The second kappa shape index (κ2) is 9.37. The standard InChI is InChI=1S/C29H34N4O3/c1-30-24(18-32-14-20-12-23(17-32)25-8-5-9-28(35)33(25)15-20)13-27(34)29(36)26(30)19-31-11-10-22(16-31)21-6-3-2-4-7-21/h2-9,13,20,22-23,36H,10-12,14-19H2,1H3/t20-,22+,23+/m1/s1. The molecule has 7 heteroatoms. The van der Waals surface area contributed by atoms with Crippen LogP contribution in [-0.4, -0.2) is 50.2 Å². The fourth-order valence-electron chi connectivity index (χ4n) is 6.66. The molecule has 5 heterocycles. The predicted octanol–water partition coefficient (Wildman–Crippen LogP) is 2.86. The summed E-state index contributed by atoms with van der Waals surface area (Å²) in [6.45, 7) is 5.65. The van der Waals surface area contributed by atoms with Crippen molar-refractivity contribution in [2.24, 2.45) is 13.0 Å². The fourth-order valence-corrected chi connectivity index (χ4v) is 6.66. The summed E-state index contributed by atoms with van der Waals surface area (Å²) in [4.78, 5) is 29.9. The van der Waals surface area contributed by atoms with E-state index in [2.05, 4.69) is 40.1 Å². The van der Waals surface area contributed by atoms with Gasteiger partial charge in [0.05, 0.1) is 5.69 Å². The molecular formula is C29H34N4O3. The molecule has 1 aromatic carbocycles. The third kappa shape index (κ3) is 4.31. The van der Waals surface area contributed by atoms with Crippen LogP contribution in [0.4, 0.5) is 0 Å². The third-order valence-corrected chi connectivity index (χ3v) is 8.50. The van der Waals surface area contributed by atoms with E-state index < -0.39 is 0 Å². The van der Waals surface area contributed by atoms with E-state index in [1.54, 1.807) is 12.1 Å². The Morgan fingerprint density at radius 3 is 2.53 bits per heavy atom. The summed E-state index contributed by atoms with van der Waals surface area (Å²) >= 11 is 0. The van der Waals surface area contributed by atoms with Gasteiger partial charge in [-0.3, -0.25) is 19.4 Å². The summed E-state index contributed by atoms with van der Waals surface area (Å²) in [5.41, 5.74) is 3.90. The SMILES string of the molecule is Cn1c(CN2C[C@H]3C[C@@H](C2)c2cccc(=O)n2C3)cc(=O)c(O)c1CN1CC[C@H](c2ccccc2)C1. The Kier molecular flexibility index (Phi) is 6.05. The van der Waals surface area contributed by atoms with Crippen LogP contribution < -0.4 is 11.0 Å². The van der Waals surface area contributed by atoms with Crippen molar-refractivity contribution in [1.82, 2.24) is 18.9 Å². The Morgan fingerprint density at radius 1 is 0.889 bits per heavy atom. The van der Waals surface area contributed by atoms with Crippen LogP contribution in [-0.2, 0) is 26.7 Å². The van der Waals surface area contributed by atoms with E-state index in [9.17, 15) is 14.7 Å². The van der Waals surface area contributed by atoms with Crippen molar-refractivity contribution in [2.45, 2.75) is 44.3 Å². The first-order valence-corrected chi connectivity index (χ1v) is 13.1. The molecule has 3 aliphatic heterocycles. The Labute approximate surface area is 211 Å². The molecule has 6 rings (SSSR count). The van der Waals surface area contributed by atoms with Crippen molar-refractivity contribution >= 4 is 0 Å². The van der Waals surface area contributed by atoms with Crippen LogP contribution in [0, 0.1) is 5.92 Å². The predicted molar refractivity (Wildman–Crippen MR) is 139 cm³/mol. The Bertz CT molecular complexity index is 1380. The Balaban J connectivity index is 1.20. The van der Waals surface area contributed by atoms with Crippen molar-refractivity contribution in [3.05, 3.63) is 97.8 Å². The average Bonchev–Trinajstić information content (AvgIpc) is 3.35. The van der Waals surface area contributed by atoms with Gasteiger partial charge in [0.25, 0.3) is 5.56 Å². The number of likely N-dealkylation sites (tertiary alicyclic amines) is 2. The molecule has 0 aliphatic carbocycles. The van der Waals surface area contributed by atoms with Gasteiger partial charge in [-0.15, -0.1) is 0 Å². The summed E-state index contributed by atoms with van der Waals surface area (Å²) in [6, 6.07) is 17.8. The van der Waals surface area contributed by atoms with E-state index >= 15 is 0 Å². The molecule has 3 aromatic rings. The van der Waals surface area contributed by atoms with E-state index in [0.717, 1.165) is 57.0 Å². The minimum absolute atomic E-state index is 0.0950. The molecule has 3 atom stereocenters. The van der Waals surface area contributed by atoms with E-state index in [-0.39, 0.29) is 16.7 Å². The summed E-state index contributed by atoms with van der Waals surface area (Å²) in [5.74, 6) is 1.12. The van der Waals surface area contributed by atoms with Crippen LogP contribution in [0.2, 0.25) is 0 Å². The molecule has 0 amide bonds. The normalized spacial score (nSPS) is 24.1. The van der Waals surface area contributed by atoms with Crippen LogP contribution in [0.25, 0.3) is 0 Å². The van der Waals surface area contributed by atoms with Gasteiger partial charge >= 0.3 is 0 Å². The molecule has 3 aliphatic rings. The van der Waals surface area contributed by atoms with Gasteiger partial charge in [-0.1, -0.05) is 36.4 Å². The Hall–Kier alpha value is -3.16. The highest BCUT2D eigenvalue weighted by molar-refractivity contribution is 5.31. The van der Waals surface area contributed by atoms with Gasteiger partial charge in [0.2, 0.25) is 5.43 Å². The third-order valence-electron chi connectivity index (χ3n) is 8.50. The zero-order valence-corrected chi connectivity index (χ0v) is 20.8. The number of hydrogen-bond donors (Lipinski definition) is 1. The van der Waals surface area contributed by atoms with Gasteiger partial charge < -0.3 is 14.2 Å². The lowest BCUT2D eigenvalue weighted by Crippen LogP contribution is -2.47. The summed E-state index contributed by atoms with van der Waals surface area (Å²) in [7, 11) is 1.97. The van der Waals surface area contributed by atoms with Gasteiger partial charge in [-0.05, 0) is 42.9 Å². The summed E-state index contributed by atoms with van der Waals surface area (Å²) in [6.07, 6.45) is 2.19. The molecule has 0 spiro atoms. The molecule has 188 valence electrons. The molecule has 2 bridgehead atoms. The lowest BCUT2D eigenvalue weighted by atomic mass is 9.83. The number of benzene rings is 1. The van der Waals surface area contributed by atoms with Crippen molar-refractivity contribution in [3.8, 4) is 5.75 Å². The van der Waals surface area contributed by atoms with Gasteiger partial charge in [-0.2, -0.15) is 0 Å². The topological polar surface area (TPSA) is 70.7 Å². The molecule has 1 N–H and O–H groups in total. The highest BCUT2D eigenvalue weighted by atomic mass is 16.3. The number of pyridine rings is 2. The maximum absolute atomic E-state index is 12.8. The van der Waals surface area contributed by atoms with Crippen LogP contribution in [0.3, 0.4) is 0 Å². The molecule has 2 fully saturated rings. The van der Waals surface area contributed by atoms with Crippen molar-refractivity contribution < 1.29 is 5.11 Å². The highest BCUT2D eigenvalue weighted by Crippen LogP contribution is 2.35. The number of fused-ring (bicyclic) bond motifs is 4.